The predicted molar refractivity (Wildman–Crippen MR) is 39.3 cm³/mol. The highest BCUT2D eigenvalue weighted by atomic mass is 16.1. The Bertz CT molecular complexity index is 127. The quantitative estimate of drug-likeness (QED) is 0.554. The van der Waals surface area contributed by atoms with Gasteiger partial charge >= 0.3 is 0 Å². The van der Waals surface area contributed by atoms with E-state index in [2.05, 4.69) is 0 Å². The summed E-state index contributed by atoms with van der Waals surface area (Å²) in [4.78, 5) is 21.2. The minimum atomic E-state index is -0.500. The third kappa shape index (κ3) is 2.29. The Morgan fingerprint density at radius 2 is 2.00 bits per heavy atom. The van der Waals surface area contributed by atoms with Crippen LogP contribution in [0, 0.1) is 11.8 Å². The van der Waals surface area contributed by atoms with Gasteiger partial charge in [0.05, 0.1) is 5.92 Å². The molecule has 0 bridgehead atoms. The first-order valence-corrected chi connectivity index (χ1v) is 3.54. The molecule has 1 atom stereocenters. The van der Waals surface area contributed by atoms with E-state index in [1.807, 2.05) is 6.92 Å². The maximum atomic E-state index is 11.0. The maximum absolute atomic E-state index is 11.0. The lowest BCUT2D eigenvalue weighted by atomic mass is 9.95. The largest absolute Gasteiger partial charge is 0.299 e. The smallest absolute Gasteiger partial charge is 0.209 e. The van der Waals surface area contributed by atoms with Gasteiger partial charge in [0.2, 0.25) is 6.29 Å². The van der Waals surface area contributed by atoms with Crippen LogP contribution >= 0.6 is 0 Å². The van der Waals surface area contributed by atoms with Crippen LogP contribution in [0.2, 0.25) is 0 Å². The third-order valence-corrected chi connectivity index (χ3v) is 1.46. The van der Waals surface area contributed by atoms with Crippen LogP contribution in [0.3, 0.4) is 0 Å². The van der Waals surface area contributed by atoms with Gasteiger partial charge in [-0.2, -0.15) is 0 Å². The number of rotatable bonds is 4. The summed E-state index contributed by atoms with van der Waals surface area (Å²) >= 11 is 0. The highest BCUT2D eigenvalue weighted by molar-refractivity contribution is 5.94. The lowest BCUT2D eigenvalue weighted by molar-refractivity contribution is -0.123. The standard InChI is InChI=1S/C8H13O2/c1-4-7(5-9)8(10)6(2)3/h6-7H,4H2,1-3H3. The van der Waals surface area contributed by atoms with E-state index >= 15 is 0 Å². The molecule has 0 saturated carbocycles. The predicted octanol–water partition coefficient (Wildman–Crippen LogP) is 1.35. The zero-order chi connectivity index (χ0) is 8.15. The fraction of sp³-hybridized carbons (Fsp3) is 0.750. The van der Waals surface area contributed by atoms with E-state index in [0.717, 1.165) is 0 Å². The zero-order valence-electron chi connectivity index (χ0n) is 6.68. The minimum Gasteiger partial charge on any atom is -0.299 e. The van der Waals surface area contributed by atoms with Crippen LogP contribution in [0.15, 0.2) is 0 Å². The summed E-state index contributed by atoms with van der Waals surface area (Å²) in [5, 5.41) is 0. The monoisotopic (exact) mass is 141 g/mol. The molecule has 1 radical (unpaired) electrons. The molecule has 0 aromatic rings. The Kier molecular flexibility index (Phi) is 3.93. The van der Waals surface area contributed by atoms with Gasteiger partial charge in [-0.3, -0.25) is 9.59 Å². The first kappa shape index (κ1) is 9.34. The Hall–Kier alpha value is -0.660. The van der Waals surface area contributed by atoms with Gasteiger partial charge in [-0.25, -0.2) is 0 Å². The van der Waals surface area contributed by atoms with Crippen molar-refractivity contribution >= 4 is 12.1 Å². The molecule has 2 nitrogen and oxygen atoms in total. The van der Waals surface area contributed by atoms with E-state index in [0.29, 0.717) is 6.42 Å². The molecule has 10 heavy (non-hydrogen) atoms. The molecule has 57 valence electrons. The molecule has 0 aliphatic carbocycles. The van der Waals surface area contributed by atoms with Crippen molar-refractivity contribution in [3.63, 3.8) is 0 Å². The van der Waals surface area contributed by atoms with Crippen LogP contribution in [0.4, 0.5) is 0 Å². The molecule has 0 N–H and O–H groups in total. The van der Waals surface area contributed by atoms with Gasteiger partial charge in [-0.1, -0.05) is 20.8 Å². The topological polar surface area (TPSA) is 34.1 Å². The SMILES string of the molecule is CCC([C]=O)C(=O)C(C)C. The maximum Gasteiger partial charge on any atom is 0.209 e. The van der Waals surface area contributed by atoms with Gasteiger partial charge in [0.25, 0.3) is 0 Å². The van der Waals surface area contributed by atoms with E-state index in [9.17, 15) is 9.59 Å². The van der Waals surface area contributed by atoms with E-state index in [1.165, 1.54) is 0 Å². The van der Waals surface area contributed by atoms with Crippen molar-refractivity contribution < 1.29 is 9.59 Å². The van der Waals surface area contributed by atoms with E-state index in [4.69, 9.17) is 0 Å². The molecule has 0 aromatic carbocycles. The molecule has 0 amide bonds. The van der Waals surface area contributed by atoms with Gasteiger partial charge < -0.3 is 0 Å². The molecular formula is C8H13O2. The lowest BCUT2D eigenvalue weighted by Crippen LogP contribution is -2.20. The number of ketones is 1. The Morgan fingerprint density at radius 1 is 1.50 bits per heavy atom. The normalized spacial score (nSPS) is 13.2. The van der Waals surface area contributed by atoms with Crippen molar-refractivity contribution in [1.29, 1.82) is 0 Å². The highest BCUT2D eigenvalue weighted by Crippen LogP contribution is 2.07. The summed E-state index contributed by atoms with van der Waals surface area (Å²) in [6, 6.07) is 0. The second kappa shape index (κ2) is 4.20. The zero-order valence-corrected chi connectivity index (χ0v) is 6.68. The summed E-state index contributed by atoms with van der Waals surface area (Å²) in [6.07, 6.45) is 2.30. The minimum absolute atomic E-state index is 0.00231. The summed E-state index contributed by atoms with van der Waals surface area (Å²) in [6.45, 7) is 5.40. The summed E-state index contributed by atoms with van der Waals surface area (Å²) in [7, 11) is 0. The molecule has 0 spiro atoms. The number of carbonyl (C=O) groups is 1. The summed E-state index contributed by atoms with van der Waals surface area (Å²) in [5.41, 5.74) is 0. The highest BCUT2D eigenvalue weighted by Gasteiger charge is 2.18. The second-order valence-electron chi connectivity index (χ2n) is 2.64. The molecule has 1 unspecified atom stereocenters. The van der Waals surface area contributed by atoms with Crippen LogP contribution in [0.5, 0.6) is 0 Å². The molecule has 2 heteroatoms. The summed E-state index contributed by atoms with van der Waals surface area (Å²) in [5.74, 6) is -0.552. The lowest BCUT2D eigenvalue weighted by Gasteiger charge is -2.06. The molecule has 0 aromatic heterocycles. The van der Waals surface area contributed by atoms with Crippen molar-refractivity contribution in [2.24, 2.45) is 11.8 Å². The number of carbonyl (C=O) groups excluding carboxylic acids is 2. The van der Waals surface area contributed by atoms with Crippen molar-refractivity contribution in [1.82, 2.24) is 0 Å². The van der Waals surface area contributed by atoms with Gasteiger partial charge in [-0.05, 0) is 6.42 Å². The van der Waals surface area contributed by atoms with Crippen LogP contribution < -0.4 is 0 Å². The molecule has 0 aliphatic heterocycles. The third-order valence-electron chi connectivity index (χ3n) is 1.46. The van der Waals surface area contributed by atoms with E-state index in [1.54, 1.807) is 20.1 Å². The molecule has 0 heterocycles. The average Bonchev–Trinajstić information content (AvgIpc) is 1.90. The number of Topliss-reactive ketones (excluding diaryl/α,β-unsaturated/α-hetero) is 1. The first-order valence-electron chi connectivity index (χ1n) is 3.54. The van der Waals surface area contributed by atoms with Gasteiger partial charge in [0, 0.05) is 5.92 Å². The van der Waals surface area contributed by atoms with Gasteiger partial charge in [-0.15, -0.1) is 0 Å². The number of hydrogen-bond donors (Lipinski definition) is 0. The molecule has 0 aliphatic rings. The van der Waals surface area contributed by atoms with Crippen molar-refractivity contribution in [2.75, 3.05) is 0 Å². The van der Waals surface area contributed by atoms with E-state index in [-0.39, 0.29) is 11.7 Å². The molecule has 0 fully saturated rings. The van der Waals surface area contributed by atoms with Crippen LogP contribution in [0.1, 0.15) is 27.2 Å². The summed E-state index contributed by atoms with van der Waals surface area (Å²) < 4.78 is 0. The Balaban J connectivity index is 4.02. The first-order chi connectivity index (χ1) is 4.63. The number of hydrogen-bond acceptors (Lipinski definition) is 2. The second-order valence-corrected chi connectivity index (χ2v) is 2.64. The van der Waals surface area contributed by atoms with E-state index < -0.39 is 5.92 Å². The Labute approximate surface area is 61.6 Å². The van der Waals surface area contributed by atoms with Crippen LogP contribution in [-0.2, 0) is 9.59 Å². The van der Waals surface area contributed by atoms with Crippen molar-refractivity contribution in [2.45, 2.75) is 27.2 Å². The van der Waals surface area contributed by atoms with Crippen molar-refractivity contribution in [3.05, 3.63) is 0 Å². The molecule has 0 saturated heterocycles. The van der Waals surface area contributed by atoms with Gasteiger partial charge in [0.15, 0.2) is 0 Å². The van der Waals surface area contributed by atoms with Crippen LogP contribution in [-0.4, -0.2) is 12.1 Å². The van der Waals surface area contributed by atoms with Crippen LogP contribution in [0.25, 0.3) is 0 Å². The van der Waals surface area contributed by atoms with Gasteiger partial charge in [0.1, 0.15) is 5.78 Å². The fourth-order valence-corrected chi connectivity index (χ4v) is 0.745. The average molecular weight is 141 g/mol. The molecular weight excluding hydrogens is 128 g/mol. The van der Waals surface area contributed by atoms with Crippen molar-refractivity contribution in [3.8, 4) is 0 Å². The Morgan fingerprint density at radius 3 is 2.10 bits per heavy atom. The fourth-order valence-electron chi connectivity index (χ4n) is 0.745. The molecule has 0 rings (SSSR count).